The number of rotatable bonds is 3. The molecule has 1 aromatic rings. The van der Waals surface area contributed by atoms with Gasteiger partial charge < -0.3 is 5.11 Å². The Bertz CT molecular complexity index is 250. The van der Waals surface area contributed by atoms with Crippen molar-refractivity contribution in [2.75, 3.05) is 7.05 Å². The van der Waals surface area contributed by atoms with E-state index in [9.17, 15) is 5.11 Å². The van der Waals surface area contributed by atoms with Gasteiger partial charge in [-0.3, -0.25) is 0 Å². The second kappa shape index (κ2) is 4.93. The third kappa shape index (κ3) is 2.93. The molecule has 0 aliphatic heterocycles. The molecule has 0 saturated carbocycles. The van der Waals surface area contributed by atoms with Gasteiger partial charge in [0.25, 0.3) is 0 Å². The summed E-state index contributed by atoms with van der Waals surface area (Å²) < 4.78 is 1.98. The van der Waals surface area contributed by atoms with Crippen LogP contribution in [0.25, 0.3) is 0 Å². The van der Waals surface area contributed by atoms with Crippen molar-refractivity contribution in [3.8, 4) is 0 Å². The first-order chi connectivity index (χ1) is 6.13. The molecule has 0 aliphatic rings. The van der Waals surface area contributed by atoms with E-state index in [4.69, 9.17) is 0 Å². The van der Waals surface area contributed by atoms with Crippen LogP contribution < -0.4 is 0 Å². The third-order valence-corrected chi connectivity index (χ3v) is 3.04. The Labute approximate surface area is 93.1 Å². The van der Waals surface area contributed by atoms with Gasteiger partial charge in [-0.25, -0.2) is 3.11 Å². The van der Waals surface area contributed by atoms with Crippen molar-refractivity contribution in [3.63, 3.8) is 0 Å². The lowest BCUT2D eigenvalue weighted by atomic mass is 10.0. The maximum atomic E-state index is 9.91. The topological polar surface area (TPSA) is 23.5 Å². The molecule has 2 atom stereocenters. The summed E-state index contributed by atoms with van der Waals surface area (Å²) in [7, 11) is 1.96. The van der Waals surface area contributed by atoms with Gasteiger partial charge in [0.2, 0.25) is 0 Å². The number of halogens is 1. The maximum absolute atomic E-state index is 9.91. The lowest BCUT2D eigenvalue weighted by molar-refractivity contribution is 0.118. The van der Waals surface area contributed by atoms with Gasteiger partial charge in [0.15, 0.2) is 0 Å². The fourth-order valence-electron chi connectivity index (χ4n) is 1.12. The third-order valence-electron chi connectivity index (χ3n) is 2.16. The van der Waals surface area contributed by atoms with Crippen molar-refractivity contribution >= 4 is 22.9 Å². The lowest BCUT2D eigenvalue weighted by Gasteiger charge is -2.23. The molecule has 1 aromatic carbocycles. The molecule has 2 unspecified atom stereocenters. The minimum atomic E-state index is -0.414. The average molecular weight is 291 g/mol. The summed E-state index contributed by atoms with van der Waals surface area (Å²) in [5.74, 6) is 0. The second-order valence-electron chi connectivity index (χ2n) is 3.12. The van der Waals surface area contributed by atoms with Gasteiger partial charge in [0.1, 0.15) is 0 Å². The van der Waals surface area contributed by atoms with E-state index in [0.717, 1.165) is 5.56 Å². The average Bonchev–Trinajstić information content (AvgIpc) is 2.17. The summed E-state index contributed by atoms with van der Waals surface area (Å²) in [5, 5.41) is 9.91. The highest BCUT2D eigenvalue weighted by atomic mass is 127. The van der Waals surface area contributed by atoms with Gasteiger partial charge in [-0.15, -0.1) is 0 Å². The first-order valence-electron chi connectivity index (χ1n) is 4.24. The zero-order valence-corrected chi connectivity index (χ0v) is 9.97. The first kappa shape index (κ1) is 10.9. The van der Waals surface area contributed by atoms with E-state index in [1.54, 1.807) is 0 Å². The van der Waals surface area contributed by atoms with Crippen LogP contribution in [0.5, 0.6) is 0 Å². The smallest absolute Gasteiger partial charge is 0.0950 e. The number of benzene rings is 1. The van der Waals surface area contributed by atoms with Crippen LogP contribution in [0, 0.1) is 0 Å². The quantitative estimate of drug-likeness (QED) is 0.683. The van der Waals surface area contributed by atoms with Crippen LogP contribution in [0.1, 0.15) is 18.6 Å². The molecule has 0 saturated heterocycles. The van der Waals surface area contributed by atoms with E-state index in [1.165, 1.54) is 0 Å². The summed E-state index contributed by atoms with van der Waals surface area (Å²) >= 11 is 2.18. The summed E-state index contributed by atoms with van der Waals surface area (Å²) in [6.45, 7) is 2.00. The van der Waals surface area contributed by atoms with E-state index in [1.807, 2.05) is 47.4 Å². The summed E-state index contributed by atoms with van der Waals surface area (Å²) in [6.07, 6.45) is -0.414. The van der Waals surface area contributed by atoms with E-state index in [0.29, 0.717) is 0 Å². The highest BCUT2D eigenvalue weighted by Crippen LogP contribution is 2.21. The Kier molecular flexibility index (Phi) is 4.15. The minimum absolute atomic E-state index is 0.128. The first-order valence-corrected chi connectivity index (χ1v) is 5.21. The van der Waals surface area contributed by atoms with Crippen LogP contribution in [-0.4, -0.2) is 21.3 Å². The predicted octanol–water partition coefficient (Wildman–Crippen LogP) is 2.39. The van der Waals surface area contributed by atoms with E-state index < -0.39 is 6.10 Å². The van der Waals surface area contributed by atoms with Crippen LogP contribution in [-0.2, 0) is 0 Å². The van der Waals surface area contributed by atoms with Crippen molar-refractivity contribution < 1.29 is 5.11 Å². The number of likely N-dealkylation sites (N-methyl/N-ethyl adjacent to an activating group) is 1. The highest BCUT2D eigenvalue weighted by molar-refractivity contribution is 14.1. The molecule has 0 radical (unpaired) electrons. The van der Waals surface area contributed by atoms with Crippen molar-refractivity contribution in [1.82, 2.24) is 3.11 Å². The number of aliphatic hydroxyl groups is 1. The zero-order valence-electron chi connectivity index (χ0n) is 7.81. The highest BCUT2D eigenvalue weighted by Gasteiger charge is 2.18. The van der Waals surface area contributed by atoms with Crippen LogP contribution >= 0.6 is 22.9 Å². The molecule has 72 valence electrons. The van der Waals surface area contributed by atoms with E-state index >= 15 is 0 Å². The molecular weight excluding hydrogens is 277 g/mol. The summed E-state index contributed by atoms with van der Waals surface area (Å²) in [4.78, 5) is 0. The fraction of sp³-hybridized carbons (Fsp3) is 0.400. The number of hydrogen-bond acceptors (Lipinski definition) is 2. The molecule has 0 bridgehead atoms. The van der Waals surface area contributed by atoms with Gasteiger partial charge in [0.05, 0.1) is 6.10 Å². The standard InChI is InChI=1S/C10H14INO/c1-8(12(2)11)10(13)9-6-4-3-5-7-9/h3-8,10,13H,1-2H3. The molecule has 0 amide bonds. The van der Waals surface area contributed by atoms with Crippen LogP contribution in [0.3, 0.4) is 0 Å². The summed E-state index contributed by atoms with van der Waals surface area (Å²) in [5.41, 5.74) is 0.971. The number of nitrogens with zero attached hydrogens (tertiary/aromatic N) is 1. The van der Waals surface area contributed by atoms with Crippen molar-refractivity contribution in [2.24, 2.45) is 0 Å². The van der Waals surface area contributed by atoms with Crippen LogP contribution in [0.15, 0.2) is 30.3 Å². The van der Waals surface area contributed by atoms with Gasteiger partial charge in [-0.05, 0) is 19.5 Å². The minimum Gasteiger partial charge on any atom is -0.387 e. The fourth-order valence-corrected chi connectivity index (χ4v) is 1.43. The molecule has 2 nitrogen and oxygen atoms in total. The normalized spacial score (nSPS) is 15.8. The van der Waals surface area contributed by atoms with Gasteiger partial charge >= 0.3 is 0 Å². The Morgan fingerprint density at radius 1 is 1.31 bits per heavy atom. The summed E-state index contributed by atoms with van der Waals surface area (Å²) in [6, 6.07) is 9.86. The molecule has 3 heteroatoms. The molecule has 0 spiro atoms. The lowest BCUT2D eigenvalue weighted by Crippen LogP contribution is -2.26. The Morgan fingerprint density at radius 2 is 1.85 bits per heavy atom. The molecular formula is C10H14INO. The SMILES string of the molecule is CC(C(O)c1ccccc1)N(C)I. The molecule has 1 rings (SSSR count). The monoisotopic (exact) mass is 291 g/mol. The van der Waals surface area contributed by atoms with Crippen LogP contribution in [0.4, 0.5) is 0 Å². The predicted molar refractivity (Wildman–Crippen MR) is 62.6 cm³/mol. The van der Waals surface area contributed by atoms with Gasteiger partial charge in [-0.2, -0.15) is 0 Å². The molecule has 1 N–H and O–H groups in total. The Balaban J connectivity index is 2.73. The number of hydrogen-bond donors (Lipinski definition) is 1. The van der Waals surface area contributed by atoms with Crippen LogP contribution in [0.2, 0.25) is 0 Å². The zero-order chi connectivity index (χ0) is 9.84. The largest absolute Gasteiger partial charge is 0.387 e. The molecule has 0 fully saturated rings. The molecule has 0 aromatic heterocycles. The maximum Gasteiger partial charge on any atom is 0.0950 e. The molecule has 0 heterocycles. The van der Waals surface area contributed by atoms with Gasteiger partial charge in [0, 0.05) is 28.9 Å². The molecule has 13 heavy (non-hydrogen) atoms. The Morgan fingerprint density at radius 3 is 2.31 bits per heavy atom. The Hall–Kier alpha value is -0.130. The van der Waals surface area contributed by atoms with E-state index in [-0.39, 0.29) is 6.04 Å². The molecule has 0 aliphatic carbocycles. The van der Waals surface area contributed by atoms with Crippen molar-refractivity contribution in [3.05, 3.63) is 35.9 Å². The van der Waals surface area contributed by atoms with Crippen molar-refractivity contribution in [2.45, 2.75) is 19.1 Å². The van der Waals surface area contributed by atoms with Crippen molar-refractivity contribution in [1.29, 1.82) is 0 Å². The number of aliphatic hydroxyl groups excluding tert-OH is 1. The second-order valence-corrected chi connectivity index (χ2v) is 4.64. The van der Waals surface area contributed by atoms with E-state index in [2.05, 4.69) is 22.9 Å². The van der Waals surface area contributed by atoms with Gasteiger partial charge in [-0.1, -0.05) is 30.3 Å².